The van der Waals surface area contributed by atoms with Crippen molar-refractivity contribution in [1.82, 2.24) is 15.2 Å². The van der Waals surface area contributed by atoms with Crippen LogP contribution in [0.15, 0.2) is 84.0 Å². The molecule has 9 nitrogen and oxygen atoms in total. The van der Waals surface area contributed by atoms with Crippen molar-refractivity contribution in [2.75, 3.05) is 5.73 Å². The van der Waals surface area contributed by atoms with Crippen LogP contribution in [0.1, 0.15) is 38.8 Å². The predicted molar refractivity (Wildman–Crippen MR) is 142 cm³/mol. The Labute approximate surface area is 223 Å². The monoisotopic (exact) mass is 535 g/mol. The highest BCUT2D eigenvalue weighted by Gasteiger charge is 2.21. The van der Waals surface area contributed by atoms with Gasteiger partial charge in [0.1, 0.15) is 18.0 Å². The van der Waals surface area contributed by atoms with Gasteiger partial charge in [0.15, 0.2) is 11.5 Å². The third-order valence-electron chi connectivity index (χ3n) is 5.72. The van der Waals surface area contributed by atoms with E-state index >= 15 is 0 Å². The number of nitrogens with one attached hydrogen (secondary N) is 1. The number of amides is 1. The van der Waals surface area contributed by atoms with Gasteiger partial charge in [0.05, 0.1) is 24.6 Å². The number of nitrogens with two attached hydrogens (primary N) is 1. The zero-order valence-electron chi connectivity index (χ0n) is 21.0. The summed E-state index contributed by atoms with van der Waals surface area (Å²) in [7, 11) is 0. The number of ether oxygens (including phenoxy) is 2. The Morgan fingerprint density at radius 2 is 1.79 bits per heavy atom. The lowest BCUT2D eigenvalue weighted by atomic mass is 10.1. The number of alkyl halides is 2. The van der Waals surface area contributed by atoms with Gasteiger partial charge in [-0.05, 0) is 41.8 Å². The summed E-state index contributed by atoms with van der Waals surface area (Å²) >= 11 is 0. The van der Waals surface area contributed by atoms with E-state index in [-0.39, 0.29) is 36.0 Å². The van der Waals surface area contributed by atoms with Crippen LogP contribution in [0.4, 0.5) is 14.6 Å². The maximum Gasteiger partial charge on any atom is 0.387 e. The van der Waals surface area contributed by atoms with Crippen LogP contribution < -0.4 is 20.6 Å². The number of benzene rings is 3. The number of hydrazone groups is 1. The van der Waals surface area contributed by atoms with E-state index in [0.29, 0.717) is 16.8 Å². The zero-order valence-corrected chi connectivity index (χ0v) is 21.0. The molecule has 0 bridgehead atoms. The van der Waals surface area contributed by atoms with Crippen LogP contribution in [0.25, 0.3) is 0 Å². The van der Waals surface area contributed by atoms with Crippen molar-refractivity contribution in [1.29, 1.82) is 0 Å². The summed E-state index contributed by atoms with van der Waals surface area (Å²) in [5.74, 6) is -0.552. The predicted octanol–water partition coefficient (Wildman–Crippen LogP) is 4.45. The second-order valence-electron chi connectivity index (χ2n) is 8.51. The molecular formula is C28H27F2N5O4. The Bertz CT molecular complexity index is 1430. The van der Waals surface area contributed by atoms with Crippen molar-refractivity contribution in [3.05, 3.63) is 107 Å². The lowest BCUT2D eigenvalue weighted by Crippen LogP contribution is -2.20. The summed E-state index contributed by atoms with van der Waals surface area (Å²) in [4.78, 5) is 12.8. The average Bonchev–Trinajstić information content (AvgIpc) is 3.21. The number of hydrogen-bond acceptors (Lipinski definition) is 7. The summed E-state index contributed by atoms with van der Waals surface area (Å²) in [6.45, 7) is -1.20. The standard InChI is InChI=1S/C28H27F2N5O4/c1-18-25(26(31)35(34-18)16-22(36)21-10-6-3-7-11-21)27(37)33-32-15-20-12-13-23(39-28(29)30)24(14-20)38-17-19-8-4-2-5-9-19/h2-15,22,28,36H,16-17,31H2,1H3,(H,33,37)/b32-15-. The molecule has 0 saturated carbocycles. The Kier molecular flexibility index (Phi) is 8.85. The number of aryl methyl sites for hydroxylation is 1. The van der Waals surface area contributed by atoms with Gasteiger partial charge in [0.2, 0.25) is 0 Å². The molecule has 0 aliphatic heterocycles. The molecule has 11 heteroatoms. The van der Waals surface area contributed by atoms with Gasteiger partial charge >= 0.3 is 6.61 Å². The molecule has 1 amide bonds. The van der Waals surface area contributed by atoms with Crippen molar-refractivity contribution in [3.63, 3.8) is 0 Å². The molecule has 4 rings (SSSR count). The Hall–Kier alpha value is -4.77. The van der Waals surface area contributed by atoms with Gasteiger partial charge in [0.25, 0.3) is 5.91 Å². The molecule has 3 aromatic carbocycles. The maximum absolute atomic E-state index is 12.9. The number of nitrogen functional groups attached to an aromatic ring is 1. The van der Waals surface area contributed by atoms with Gasteiger partial charge in [-0.25, -0.2) is 10.1 Å². The molecule has 0 aliphatic rings. The number of aliphatic hydroxyl groups is 1. The second kappa shape index (κ2) is 12.7. The highest BCUT2D eigenvalue weighted by Crippen LogP contribution is 2.30. The zero-order chi connectivity index (χ0) is 27.8. The topological polar surface area (TPSA) is 124 Å². The van der Waals surface area contributed by atoms with Crippen molar-refractivity contribution >= 4 is 17.9 Å². The van der Waals surface area contributed by atoms with Crippen LogP contribution in [0.5, 0.6) is 11.5 Å². The van der Waals surface area contributed by atoms with E-state index in [4.69, 9.17) is 10.5 Å². The normalized spacial score (nSPS) is 12.0. The van der Waals surface area contributed by atoms with Crippen molar-refractivity contribution < 1.29 is 28.2 Å². The molecule has 1 atom stereocenters. The third-order valence-corrected chi connectivity index (χ3v) is 5.72. The number of carbonyl (C=O) groups is 1. The molecule has 1 heterocycles. The molecule has 1 aromatic heterocycles. The summed E-state index contributed by atoms with van der Waals surface area (Å²) in [5.41, 5.74) is 11.0. The van der Waals surface area contributed by atoms with Crippen LogP contribution in [0.3, 0.4) is 0 Å². The van der Waals surface area contributed by atoms with Crippen LogP contribution in [0.2, 0.25) is 0 Å². The fourth-order valence-corrected chi connectivity index (χ4v) is 3.83. The van der Waals surface area contributed by atoms with E-state index in [1.54, 1.807) is 19.1 Å². The lowest BCUT2D eigenvalue weighted by Gasteiger charge is -2.13. The molecule has 0 radical (unpaired) electrons. The fraction of sp³-hybridized carbons (Fsp3) is 0.179. The Morgan fingerprint density at radius 1 is 1.10 bits per heavy atom. The molecular weight excluding hydrogens is 508 g/mol. The second-order valence-corrected chi connectivity index (χ2v) is 8.51. The minimum atomic E-state index is -3.02. The number of aromatic nitrogens is 2. The highest BCUT2D eigenvalue weighted by atomic mass is 19.3. The van der Waals surface area contributed by atoms with Crippen LogP contribution in [-0.2, 0) is 13.2 Å². The SMILES string of the molecule is Cc1nn(CC(O)c2ccccc2)c(N)c1C(=O)N/N=C\c1ccc(OC(F)F)c(OCc2ccccc2)c1. The molecule has 202 valence electrons. The molecule has 4 aromatic rings. The van der Waals surface area contributed by atoms with E-state index < -0.39 is 18.6 Å². The summed E-state index contributed by atoms with van der Waals surface area (Å²) < 4.78 is 37.3. The Morgan fingerprint density at radius 3 is 2.49 bits per heavy atom. The van der Waals surface area contributed by atoms with Gasteiger partial charge in [-0.1, -0.05) is 60.7 Å². The number of nitrogens with zero attached hydrogens (tertiary/aromatic N) is 3. The number of anilines is 1. The van der Waals surface area contributed by atoms with E-state index in [9.17, 15) is 18.7 Å². The number of aliphatic hydroxyl groups excluding tert-OH is 1. The minimum Gasteiger partial charge on any atom is -0.485 e. The molecule has 4 N–H and O–H groups in total. The number of carbonyl (C=O) groups excluding carboxylic acids is 1. The Balaban J connectivity index is 1.44. The summed E-state index contributed by atoms with van der Waals surface area (Å²) in [5, 5.41) is 18.7. The maximum atomic E-state index is 12.9. The molecule has 0 saturated heterocycles. The molecule has 0 fully saturated rings. The van der Waals surface area contributed by atoms with Gasteiger partial charge in [0, 0.05) is 0 Å². The fourth-order valence-electron chi connectivity index (χ4n) is 3.83. The third kappa shape index (κ3) is 7.17. The van der Waals surface area contributed by atoms with Crippen molar-refractivity contribution in [2.45, 2.75) is 32.8 Å². The number of rotatable bonds is 11. The lowest BCUT2D eigenvalue weighted by molar-refractivity contribution is -0.0516. The van der Waals surface area contributed by atoms with E-state index in [1.165, 1.54) is 29.1 Å². The van der Waals surface area contributed by atoms with Crippen LogP contribution in [-0.4, -0.2) is 33.6 Å². The van der Waals surface area contributed by atoms with E-state index in [0.717, 1.165) is 5.56 Å². The first-order valence-corrected chi connectivity index (χ1v) is 12.0. The number of hydrogen-bond donors (Lipinski definition) is 3. The highest BCUT2D eigenvalue weighted by molar-refractivity contribution is 6.00. The molecule has 1 unspecified atom stereocenters. The largest absolute Gasteiger partial charge is 0.485 e. The summed E-state index contributed by atoms with van der Waals surface area (Å²) in [6, 6.07) is 22.5. The average molecular weight is 536 g/mol. The first-order chi connectivity index (χ1) is 18.8. The number of halogens is 2. The molecule has 0 spiro atoms. The first-order valence-electron chi connectivity index (χ1n) is 12.0. The van der Waals surface area contributed by atoms with Gasteiger partial charge in [-0.2, -0.15) is 19.0 Å². The first kappa shape index (κ1) is 27.3. The molecule has 0 aliphatic carbocycles. The van der Waals surface area contributed by atoms with Gasteiger partial charge in [-0.3, -0.25) is 4.79 Å². The van der Waals surface area contributed by atoms with E-state index in [2.05, 4.69) is 20.4 Å². The van der Waals surface area contributed by atoms with Gasteiger partial charge in [-0.15, -0.1) is 0 Å². The van der Waals surface area contributed by atoms with E-state index in [1.807, 2.05) is 48.5 Å². The molecule has 39 heavy (non-hydrogen) atoms. The van der Waals surface area contributed by atoms with Crippen molar-refractivity contribution in [2.24, 2.45) is 5.10 Å². The van der Waals surface area contributed by atoms with Crippen molar-refractivity contribution in [3.8, 4) is 11.5 Å². The van der Waals surface area contributed by atoms with Crippen LogP contribution >= 0.6 is 0 Å². The smallest absolute Gasteiger partial charge is 0.387 e. The quantitative estimate of drug-likeness (QED) is 0.193. The van der Waals surface area contributed by atoms with Crippen LogP contribution in [0, 0.1) is 6.92 Å². The minimum absolute atomic E-state index is 0.0615. The van der Waals surface area contributed by atoms with Gasteiger partial charge < -0.3 is 20.3 Å². The summed E-state index contributed by atoms with van der Waals surface area (Å²) in [6.07, 6.45) is 0.464.